The smallest absolute Gasteiger partial charge is 0.0991 e. The number of fused-ring (bicyclic) bond motifs is 2. The van der Waals surface area contributed by atoms with Crippen molar-refractivity contribution in [2.75, 3.05) is 0 Å². The van der Waals surface area contributed by atoms with Crippen LogP contribution in [0.4, 0.5) is 0 Å². The molecule has 2 unspecified atom stereocenters. The maximum Gasteiger partial charge on any atom is 0.0991 e. The van der Waals surface area contributed by atoms with Crippen molar-refractivity contribution in [2.24, 2.45) is 0 Å². The molecule has 0 aliphatic carbocycles. The normalized spacial score (nSPS) is 23.3. The van der Waals surface area contributed by atoms with Crippen molar-refractivity contribution in [1.29, 1.82) is 5.26 Å². The van der Waals surface area contributed by atoms with Crippen LogP contribution in [-0.4, -0.2) is 17.0 Å². The molecule has 1 fully saturated rings. The molecule has 2 heterocycles. The van der Waals surface area contributed by atoms with Gasteiger partial charge < -0.3 is 0 Å². The second-order valence-corrected chi connectivity index (χ2v) is 6.54. The molecular weight excluding hydrogens is 280 g/mol. The van der Waals surface area contributed by atoms with E-state index in [0.717, 1.165) is 18.5 Å². The van der Waals surface area contributed by atoms with E-state index in [0.29, 0.717) is 12.1 Å². The van der Waals surface area contributed by atoms with Gasteiger partial charge in [0.05, 0.1) is 11.6 Å². The molecule has 4 rings (SSSR count). The summed E-state index contributed by atoms with van der Waals surface area (Å²) in [7, 11) is 0. The van der Waals surface area contributed by atoms with E-state index < -0.39 is 0 Å². The molecule has 0 amide bonds. The highest BCUT2D eigenvalue weighted by molar-refractivity contribution is 5.68. The average Bonchev–Trinajstić information content (AvgIpc) is 2.84. The topological polar surface area (TPSA) is 27.0 Å². The quantitative estimate of drug-likeness (QED) is 0.841. The second-order valence-electron chi connectivity index (χ2n) is 6.54. The summed E-state index contributed by atoms with van der Waals surface area (Å²) in [5.74, 6) is 0. The standard InChI is InChI=1S/C21H20N2/c22-14-16-6-8-18(9-7-16)19-12-20-10-11-21(13-19)23(20)15-17-4-2-1-3-5-17/h1-9,12,20-21H,10-11,13,15H2. The Balaban J connectivity index is 1.55. The first-order chi connectivity index (χ1) is 11.3. The van der Waals surface area contributed by atoms with E-state index in [1.807, 2.05) is 12.1 Å². The van der Waals surface area contributed by atoms with E-state index in [4.69, 9.17) is 5.26 Å². The van der Waals surface area contributed by atoms with E-state index in [-0.39, 0.29) is 0 Å². The molecule has 114 valence electrons. The van der Waals surface area contributed by atoms with Crippen LogP contribution in [0.25, 0.3) is 5.57 Å². The molecule has 2 aliphatic heterocycles. The predicted molar refractivity (Wildman–Crippen MR) is 92.5 cm³/mol. The number of rotatable bonds is 3. The van der Waals surface area contributed by atoms with Gasteiger partial charge in [-0.2, -0.15) is 5.26 Å². The largest absolute Gasteiger partial charge is 0.289 e. The molecule has 2 atom stereocenters. The van der Waals surface area contributed by atoms with Gasteiger partial charge in [0.2, 0.25) is 0 Å². The SMILES string of the molecule is N#Cc1ccc(C2=CC3CCC(C2)N3Cc2ccccc2)cc1. The van der Waals surface area contributed by atoms with Gasteiger partial charge in [-0.1, -0.05) is 48.5 Å². The minimum absolute atomic E-state index is 0.555. The van der Waals surface area contributed by atoms with Crippen molar-refractivity contribution in [1.82, 2.24) is 4.90 Å². The summed E-state index contributed by atoms with van der Waals surface area (Å²) in [5, 5.41) is 8.94. The van der Waals surface area contributed by atoms with E-state index in [1.54, 1.807) is 0 Å². The average molecular weight is 300 g/mol. The number of nitrogens with zero attached hydrogens (tertiary/aromatic N) is 2. The summed E-state index contributed by atoms with van der Waals surface area (Å²) < 4.78 is 0. The predicted octanol–water partition coefficient (Wildman–Crippen LogP) is 4.38. The highest BCUT2D eigenvalue weighted by Crippen LogP contribution is 2.39. The van der Waals surface area contributed by atoms with Crippen molar-refractivity contribution in [2.45, 2.75) is 37.9 Å². The van der Waals surface area contributed by atoms with E-state index in [2.05, 4.69) is 59.5 Å². The van der Waals surface area contributed by atoms with E-state index >= 15 is 0 Å². The van der Waals surface area contributed by atoms with Crippen LogP contribution in [0.5, 0.6) is 0 Å². The van der Waals surface area contributed by atoms with Gasteiger partial charge in [0.15, 0.2) is 0 Å². The van der Waals surface area contributed by atoms with Crippen LogP contribution in [0.1, 0.15) is 36.0 Å². The Labute approximate surface area is 137 Å². The third-order valence-corrected chi connectivity index (χ3v) is 5.13. The summed E-state index contributed by atoms with van der Waals surface area (Å²) in [4.78, 5) is 2.66. The molecule has 2 aromatic carbocycles. The molecule has 23 heavy (non-hydrogen) atoms. The first-order valence-corrected chi connectivity index (χ1v) is 8.34. The zero-order chi connectivity index (χ0) is 15.6. The molecule has 1 saturated heterocycles. The zero-order valence-electron chi connectivity index (χ0n) is 13.2. The molecule has 0 radical (unpaired) electrons. The molecular formula is C21H20N2. The lowest BCUT2D eigenvalue weighted by atomic mass is 9.94. The van der Waals surface area contributed by atoms with Crippen LogP contribution in [0, 0.1) is 11.3 Å². The molecule has 2 bridgehead atoms. The van der Waals surface area contributed by atoms with Gasteiger partial charge in [-0.05, 0) is 48.1 Å². The Morgan fingerprint density at radius 3 is 2.48 bits per heavy atom. The van der Waals surface area contributed by atoms with E-state index in [9.17, 15) is 0 Å². The van der Waals surface area contributed by atoms with Crippen LogP contribution >= 0.6 is 0 Å². The maximum atomic E-state index is 8.94. The highest BCUT2D eigenvalue weighted by Gasteiger charge is 2.36. The first-order valence-electron chi connectivity index (χ1n) is 8.34. The Morgan fingerprint density at radius 1 is 1.00 bits per heavy atom. The fourth-order valence-corrected chi connectivity index (χ4v) is 3.93. The molecule has 0 spiro atoms. The summed E-state index contributed by atoms with van der Waals surface area (Å²) in [5.41, 5.74) is 4.87. The fraction of sp³-hybridized carbons (Fsp3) is 0.286. The lowest BCUT2D eigenvalue weighted by Gasteiger charge is -2.34. The molecule has 2 heteroatoms. The molecule has 2 aromatic rings. The van der Waals surface area contributed by atoms with Gasteiger partial charge in [0, 0.05) is 18.6 Å². The van der Waals surface area contributed by atoms with Crippen molar-refractivity contribution < 1.29 is 0 Å². The Kier molecular flexibility index (Phi) is 3.73. The van der Waals surface area contributed by atoms with Crippen molar-refractivity contribution in [3.8, 4) is 6.07 Å². The van der Waals surface area contributed by atoms with Crippen molar-refractivity contribution >= 4 is 5.57 Å². The monoisotopic (exact) mass is 300 g/mol. The van der Waals surface area contributed by atoms with Crippen LogP contribution in [0.3, 0.4) is 0 Å². The van der Waals surface area contributed by atoms with Gasteiger partial charge >= 0.3 is 0 Å². The Morgan fingerprint density at radius 2 is 1.78 bits per heavy atom. The third kappa shape index (κ3) is 2.81. The number of nitriles is 1. The lowest BCUT2D eigenvalue weighted by molar-refractivity contribution is 0.203. The maximum absolute atomic E-state index is 8.94. The van der Waals surface area contributed by atoms with Crippen LogP contribution in [-0.2, 0) is 6.54 Å². The van der Waals surface area contributed by atoms with Crippen molar-refractivity contribution in [3.05, 3.63) is 77.4 Å². The molecule has 0 saturated carbocycles. The van der Waals surface area contributed by atoms with Gasteiger partial charge in [0.1, 0.15) is 0 Å². The Hall–Kier alpha value is -2.37. The minimum atomic E-state index is 0.555. The summed E-state index contributed by atoms with van der Waals surface area (Å²) >= 11 is 0. The summed E-state index contributed by atoms with van der Waals surface area (Å²) in [6, 6.07) is 22.2. The zero-order valence-corrected chi connectivity index (χ0v) is 13.2. The van der Waals surface area contributed by atoms with Crippen molar-refractivity contribution in [3.63, 3.8) is 0 Å². The van der Waals surface area contributed by atoms with Gasteiger partial charge in [-0.15, -0.1) is 0 Å². The van der Waals surface area contributed by atoms with Crippen LogP contribution in [0.2, 0.25) is 0 Å². The molecule has 0 aromatic heterocycles. The highest BCUT2D eigenvalue weighted by atomic mass is 15.2. The lowest BCUT2D eigenvalue weighted by Crippen LogP contribution is -2.37. The van der Waals surface area contributed by atoms with Gasteiger partial charge in [-0.3, -0.25) is 4.90 Å². The van der Waals surface area contributed by atoms with E-state index in [1.165, 1.54) is 29.5 Å². The molecule has 2 aliphatic rings. The van der Waals surface area contributed by atoms with Crippen LogP contribution in [0.15, 0.2) is 60.7 Å². The van der Waals surface area contributed by atoms with Gasteiger partial charge in [0.25, 0.3) is 0 Å². The summed E-state index contributed by atoms with van der Waals surface area (Å²) in [6.07, 6.45) is 6.12. The number of benzene rings is 2. The van der Waals surface area contributed by atoms with Crippen LogP contribution < -0.4 is 0 Å². The molecule has 2 nitrogen and oxygen atoms in total. The van der Waals surface area contributed by atoms with Gasteiger partial charge in [-0.25, -0.2) is 0 Å². The first kappa shape index (κ1) is 14.2. The fourth-order valence-electron chi connectivity index (χ4n) is 3.93. The minimum Gasteiger partial charge on any atom is -0.289 e. The second kappa shape index (κ2) is 6.02. The number of hydrogen-bond donors (Lipinski definition) is 0. The summed E-state index contributed by atoms with van der Waals surface area (Å²) in [6.45, 7) is 1.05. The third-order valence-electron chi connectivity index (χ3n) is 5.13. The molecule has 0 N–H and O–H groups in total. The number of hydrogen-bond acceptors (Lipinski definition) is 2. The Bertz CT molecular complexity index is 753.